The average molecular weight is 542 g/mol. The number of nitrogens with zero attached hydrogens (tertiary/aromatic N) is 6. The van der Waals surface area contributed by atoms with Crippen molar-refractivity contribution in [2.45, 2.75) is 24.5 Å². The summed E-state index contributed by atoms with van der Waals surface area (Å²) < 4.78 is 0. The summed E-state index contributed by atoms with van der Waals surface area (Å²) in [7, 11) is 6.29. The van der Waals surface area contributed by atoms with E-state index in [1.165, 1.54) is 11.1 Å². The van der Waals surface area contributed by atoms with Gasteiger partial charge in [0.05, 0.1) is 5.69 Å². The van der Waals surface area contributed by atoms with Crippen LogP contribution >= 0.6 is 0 Å². The number of nitrogens with one attached hydrogen (secondary N) is 1. The smallest absolute Gasteiger partial charge is 0.108 e. The zero-order valence-electron chi connectivity index (χ0n) is 23.8. The lowest BCUT2D eigenvalue weighted by molar-refractivity contribution is 0.179. The Hall–Kier alpha value is -4.46. The van der Waals surface area contributed by atoms with E-state index in [1.807, 2.05) is 55.5 Å². The molecular weight excluding hydrogens is 506 g/mol. The molecule has 2 aliphatic rings. The fraction of sp³-hybridized carbons (Fsp3) is 0.235. The van der Waals surface area contributed by atoms with Crippen LogP contribution in [0.1, 0.15) is 23.1 Å². The van der Waals surface area contributed by atoms with Gasteiger partial charge in [0.1, 0.15) is 5.54 Å². The minimum Gasteiger partial charge on any atom is -0.365 e. The first-order valence-electron chi connectivity index (χ1n) is 14.0. The number of rotatable bonds is 7. The molecule has 7 nitrogen and oxygen atoms in total. The van der Waals surface area contributed by atoms with Gasteiger partial charge in [0.15, 0.2) is 0 Å². The maximum Gasteiger partial charge on any atom is 0.108 e. The molecule has 2 unspecified atom stereocenters. The number of allylic oxidation sites excluding steroid dienone is 2. The fourth-order valence-corrected chi connectivity index (χ4v) is 6.07. The Morgan fingerprint density at radius 3 is 2.44 bits per heavy atom. The Kier molecular flexibility index (Phi) is 7.55. The van der Waals surface area contributed by atoms with Crippen molar-refractivity contribution in [1.82, 2.24) is 35.1 Å². The largest absolute Gasteiger partial charge is 0.365 e. The first kappa shape index (κ1) is 26.7. The Balaban J connectivity index is 1.48. The summed E-state index contributed by atoms with van der Waals surface area (Å²) in [6.07, 6.45) is 25.3. The molecule has 4 aromatic rings. The van der Waals surface area contributed by atoms with Crippen molar-refractivity contribution in [3.63, 3.8) is 0 Å². The van der Waals surface area contributed by atoms with Gasteiger partial charge in [-0.15, -0.1) is 0 Å². The second-order valence-electron chi connectivity index (χ2n) is 10.9. The van der Waals surface area contributed by atoms with Gasteiger partial charge < -0.3 is 15.1 Å². The van der Waals surface area contributed by atoms with E-state index in [9.17, 15) is 0 Å². The van der Waals surface area contributed by atoms with Crippen LogP contribution in [0.2, 0.25) is 0 Å². The molecule has 1 N–H and O–H groups in total. The number of aromatic nitrogens is 4. The molecule has 206 valence electrons. The standard InChI is InChI=1S/C34H35N7/c1-40(2)24-25-9-10-32(39-19-25)29-17-28(21-36-22-29)31-7-6-16-41(3)34(31,33-8-4-5-13-38-33)30-18-27(20-37-23-30)26-11-14-35-15-12-26/h4-7,9-12,14-23,33,38H,8,13,24H2,1-3H3. The van der Waals surface area contributed by atoms with E-state index >= 15 is 0 Å². The summed E-state index contributed by atoms with van der Waals surface area (Å²) >= 11 is 0. The molecule has 0 aromatic carbocycles. The molecule has 0 aliphatic carbocycles. The summed E-state index contributed by atoms with van der Waals surface area (Å²) in [6.45, 7) is 1.67. The van der Waals surface area contributed by atoms with Crippen molar-refractivity contribution in [2.75, 3.05) is 27.7 Å². The highest BCUT2D eigenvalue weighted by molar-refractivity contribution is 5.81. The topological polar surface area (TPSA) is 70.1 Å². The molecule has 7 heteroatoms. The van der Waals surface area contributed by atoms with Crippen LogP contribution in [-0.2, 0) is 12.1 Å². The summed E-state index contributed by atoms with van der Waals surface area (Å²) in [5.41, 5.74) is 8.06. The van der Waals surface area contributed by atoms with Gasteiger partial charge in [-0.3, -0.25) is 19.9 Å². The second kappa shape index (κ2) is 11.6. The third-order valence-corrected chi connectivity index (χ3v) is 7.92. The molecule has 6 rings (SSSR count). The number of likely N-dealkylation sites (N-methyl/N-ethyl adjacent to an activating group) is 1. The summed E-state index contributed by atoms with van der Waals surface area (Å²) in [5, 5.41) is 3.81. The Morgan fingerprint density at radius 1 is 0.878 bits per heavy atom. The van der Waals surface area contributed by atoms with Crippen molar-refractivity contribution in [2.24, 2.45) is 0 Å². The van der Waals surface area contributed by atoms with Crippen LogP contribution in [0.5, 0.6) is 0 Å². The van der Waals surface area contributed by atoms with Crippen LogP contribution < -0.4 is 5.32 Å². The third-order valence-electron chi connectivity index (χ3n) is 7.92. The maximum absolute atomic E-state index is 4.79. The zero-order valence-corrected chi connectivity index (χ0v) is 23.8. The minimum atomic E-state index is -0.529. The van der Waals surface area contributed by atoms with E-state index in [2.05, 4.69) is 96.0 Å². The molecular formula is C34H35N7. The van der Waals surface area contributed by atoms with Crippen molar-refractivity contribution < 1.29 is 0 Å². The molecule has 6 heterocycles. The van der Waals surface area contributed by atoms with Crippen molar-refractivity contribution >= 4 is 5.57 Å². The molecule has 2 atom stereocenters. The lowest BCUT2D eigenvalue weighted by atomic mass is 9.70. The number of pyridine rings is 4. The van der Waals surface area contributed by atoms with E-state index in [0.29, 0.717) is 0 Å². The van der Waals surface area contributed by atoms with E-state index in [1.54, 1.807) is 0 Å². The normalized spacial score (nSPS) is 20.3. The van der Waals surface area contributed by atoms with E-state index < -0.39 is 5.54 Å². The fourth-order valence-electron chi connectivity index (χ4n) is 6.07. The minimum absolute atomic E-state index is 0.107. The predicted octanol–water partition coefficient (Wildman–Crippen LogP) is 5.32. The molecule has 0 fully saturated rings. The van der Waals surface area contributed by atoms with Gasteiger partial charge in [-0.05, 0) is 85.4 Å². The van der Waals surface area contributed by atoms with Crippen LogP contribution in [0.3, 0.4) is 0 Å². The van der Waals surface area contributed by atoms with Gasteiger partial charge in [-0.25, -0.2) is 0 Å². The maximum atomic E-state index is 4.79. The molecule has 0 saturated carbocycles. The van der Waals surface area contributed by atoms with E-state index in [-0.39, 0.29) is 6.04 Å². The van der Waals surface area contributed by atoms with Crippen LogP contribution in [0.4, 0.5) is 0 Å². The number of hydrogen-bond donors (Lipinski definition) is 1. The average Bonchev–Trinajstić information content (AvgIpc) is 3.02. The van der Waals surface area contributed by atoms with Crippen molar-refractivity contribution in [3.05, 3.63) is 127 Å². The van der Waals surface area contributed by atoms with Gasteiger partial charge in [0, 0.05) is 86.2 Å². The van der Waals surface area contributed by atoms with Crippen molar-refractivity contribution in [1.29, 1.82) is 0 Å². The van der Waals surface area contributed by atoms with Crippen LogP contribution in [-0.4, -0.2) is 63.5 Å². The predicted molar refractivity (Wildman–Crippen MR) is 164 cm³/mol. The zero-order chi connectivity index (χ0) is 28.2. The Morgan fingerprint density at radius 2 is 1.68 bits per heavy atom. The highest BCUT2D eigenvalue weighted by atomic mass is 15.2. The second-order valence-corrected chi connectivity index (χ2v) is 10.9. The van der Waals surface area contributed by atoms with E-state index in [4.69, 9.17) is 15.0 Å². The van der Waals surface area contributed by atoms with Gasteiger partial charge >= 0.3 is 0 Å². The first-order chi connectivity index (χ1) is 20.1. The van der Waals surface area contributed by atoms with Gasteiger partial charge in [0.25, 0.3) is 0 Å². The summed E-state index contributed by atoms with van der Waals surface area (Å²) in [6, 6.07) is 12.9. The SMILES string of the molecule is CN(C)Cc1ccc(-c2cncc(C3=CC=CN(C)C3(c3cncc(-c4ccncc4)c3)C3CC=CCN3)c2)nc1. The van der Waals surface area contributed by atoms with Gasteiger partial charge in [-0.2, -0.15) is 0 Å². The molecule has 0 amide bonds. The molecule has 0 radical (unpaired) electrons. The van der Waals surface area contributed by atoms with Gasteiger partial charge in [0.2, 0.25) is 0 Å². The molecule has 0 spiro atoms. The third kappa shape index (κ3) is 5.22. The Labute approximate surface area is 242 Å². The van der Waals surface area contributed by atoms with Gasteiger partial charge in [-0.1, -0.05) is 24.3 Å². The summed E-state index contributed by atoms with van der Waals surface area (Å²) in [5.74, 6) is 0. The Bertz CT molecular complexity index is 1590. The molecule has 0 saturated heterocycles. The molecule has 2 aliphatic heterocycles. The van der Waals surface area contributed by atoms with Crippen LogP contribution in [0.15, 0.2) is 110 Å². The first-order valence-corrected chi connectivity index (χ1v) is 14.0. The quantitative estimate of drug-likeness (QED) is 0.318. The molecule has 41 heavy (non-hydrogen) atoms. The van der Waals surface area contributed by atoms with Crippen LogP contribution in [0.25, 0.3) is 28.0 Å². The number of hydrogen-bond acceptors (Lipinski definition) is 7. The van der Waals surface area contributed by atoms with E-state index in [0.717, 1.165) is 53.0 Å². The molecule has 0 bridgehead atoms. The molecule has 4 aromatic heterocycles. The van der Waals surface area contributed by atoms with Crippen LogP contribution in [0, 0.1) is 0 Å². The highest BCUT2D eigenvalue weighted by Crippen LogP contribution is 2.48. The highest BCUT2D eigenvalue weighted by Gasteiger charge is 2.48. The monoisotopic (exact) mass is 541 g/mol. The lowest BCUT2D eigenvalue weighted by Gasteiger charge is -2.51. The summed E-state index contributed by atoms with van der Waals surface area (Å²) in [4.78, 5) is 22.9. The van der Waals surface area contributed by atoms with Crippen molar-refractivity contribution in [3.8, 4) is 22.4 Å². The lowest BCUT2D eigenvalue weighted by Crippen LogP contribution is -2.58.